The molecule has 0 fully saturated rings. The van der Waals surface area contributed by atoms with Gasteiger partial charge in [0.1, 0.15) is 11.3 Å². The van der Waals surface area contributed by atoms with Crippen LogP contribution in [0.25, 0.3) is 5.65 Å². The van der Waals surface area contributed by atoms with Crippen LogP contribution in [0, 0.1) is 6.92 Å². The molecule has 9 heteroatoms. The van der Waals surface area contributed by atoms with E-state index in [0.29, 0.717) is 18.8 Å². The maximum atomic E-state index is 12.2. The number of aromatic nitrogens is 4. The molecule has 0 bridgehead atoms. The first kappa shape index (κ1) is 16.9. The molecule has 0 amide bonds. The van der Waals surface area contributed by atoms with Gasteiger partial charge >= 0.3 is 5.97 Å². The first-order chi connectivity index (χ1) is 12.0. The third kappa shape index (κ3) is 3.61. The number of H-pyrrole nitrogens is 1. The molecule has 0 atom stereocenters. The van der Waals surface area contributed by atoms with Crippen LogP contribution in [0.4, 0.5) is 0 Å². The van der Waals surface area contributed by atoms with E-state index in [1.165, 1.54) is 16.8 Å². The first-order valence-corrected chi connectivity index (χ1v) is 7.86. The molecule has 25 heavy (non-hydrogen) atoms. The van der Waals surface area contributed by atoms with E-state index in [-0.39, 0.29) is 23.4 Å². The fourth-order valence-electron chi connectivity index (χ4n) is 2.57. The molecule has 0 unspecified atom stereocenters. The van der Waals surface area contributed by atoms with Crippen molar-refractivity contribution in [2.45, 2.75) is 26.9 Å². The third-order valence-corrected chi connectivity index (χ3v) is 3.59. The fraction of sp³-hybridized carbons (Fsp3) is 0.375. The number of ether oxygens (including phenoxy) is 1. The molecular formula is C16H19N5O4. The normalized spacial score (nSPS) is 11.4. The predicted molar refractivity (Wildman–Crippen MR) is 88.2 cm³/mol. The molecular weight excluding hydrogens is 326 g/mol. The van der Waals surface area contributed by atoms with E-state index in [9.17, 15) is 9.59 Å². The maximum Gasteiger partial charge on any atom is 0.343 e. The Labute approximate surface area is 143 Å². The first-order valence-electron chi connectivity index (χ1n) is 7.86. The van der Waals surface area contributed by atoms with Crippen LogP contribution in [-0.2, 0) is 17.8 Å². The topological polar surface area (TPSA) is 106 Å². The van der Waals surface area contributed by atoms with Gasteiger partial charge in [0.25, 0.3) is 5.56 Å². The number of esters is 1. The molecule has 0 radical (unpaired) electrons. The van der Waals surface area contributed by atoms with E-state index in [1.54, 1.807) is 6.92 Å². The Kier molecular flexibility index (Phi) is 4.66. The molecule has 0 saturated carbocycles. The summed E-state index contributed by atoms with van der Waals surface area (Å²) in [7, 11) is 1.89. The molecule has 1 N–H and O–H groups in total. The Hall–Kier alpha value is -2.94. The Morgan fingerprint density at radius 2 is 2.12 bits per heavy atom. The minimum Gasteiger partial charge on any atom is -0.462 e. The second kappa shape index (κ2) is 6.89. The van der Waals surface area contributed by atoms with Crippen molar-refractivity contribution in [2.24, 2.45) is 0 Å². The van der Waals surface area contributed by atoms with E-state index in [0.717, 1.165) is 11.5 Å². The highest BCUT2D eigenvalue weighted by atomic mass is 16.5. The monoisotopic (exact) mass is 345 g/mol. The summed E-state index contributed by atoms with van der Waals surface area (Å²) in [4.78, 5) is 30.6. The zero-order valence-corrected chi connectivity index (χ0v) is 14.3. The number of aryl methyl sites for hydroxylation is 1. The smallest absolute Gasteiger partial charge is 0.343 e. The van der Waals surface area contributed by atoms with Gasteiger partial charge in [0.05, 0.1) is 18.0 Å². The highest BCUT2D eigenvalue weighted by Crippen LogP contribution is 2.11. The van der Waals surface area contributed by atoms with Crippen molar-refractivity contribution >= 4 is 11.6 Å². The van der Waals surface area contributed by atoms with Crippen molar-refractivity contribution in [2.75, 3.05) is 13.7 Å². The number of nitrogens with zero attached hydrogens (tertiary/aromatic N) is 4. The average molecular weight is 345 g/mol. The highest BCUT2D eigenvalue weighted by Gasteiger charge is 2.17. The van der Waals surface area contributed by atoms with Gasteiger partial charge in [0.2, 0.25) is 0 Å². The van der Waals surface area contributed by atoms with E-state index < -0.39 is 5.97 Å². The number of hydrogen-bond donors (Lipinski definition) is 1. The number of aromatic amines is 1. The zero-order chi connectivity index (χ0) is 18.0. The van der Waals surface area contributed by atoms with Gasteiger partial charge in [-0.3, -0.25) is 14.8 Å². The summed E-state index contributed by atoms with van der Waals surface area (Å²) in [5.41, 5.74) is 1.55. The van der Waals surface area contributed by atoms with Crippen LogP contribution < -0.4 is 5.56 Å². The van der Waals surface area contributed by atoms with Gasteiger partial charge < -0.3 is 9.26 Å². The van der Waals surface area contributed by atoms with Crippen molar-refractivity contribution in [3.05, 3.63) is 51.4 Å². The Morgan fingerprint density at radius 1 is 1.36 bits per heavy atom. The van der Waals surface area contributed by atoms with Crippen LogP contribution in [-0.4, -0.2) is 44.3 Å². The Morgan fingerprint density at radius 3 is 2.80 bits per heavy atom. The van der Waals surface area contributed by atoms with Gasteiger partial charge in [-0.15, -0.1) is 0 Å². The molecule has 3 heterocycles. The molecule has 132 valence electrons. The minimum absolute atomic E-state index is 0.232. The lowest BCUT2D eigenvalue weighted by Gasteiger charge is -2.14. The second-order valence-corrected chi connectivity index (χ2v) is 5.75. The third-order valence-electron chi connectivity index (χ3n) is 3.59. The van der Waals surface area contributed by atoms with Gasteiger partial charge in [-0.25, -0.2) is 14.3 Å². The van der Waals surface area contributed by atoms with Gasteiger partial charge in [-0.1, -0.05) is 5.16 Å². The number of rotatable bonds is 6. The number of carbonyl (C=O) groups is 1. The molecule has 0 saturated heterocycles. The number of nitrogens with one attached hydrogen (secondary N) is 1. The summed E-state index contributed by atoms with van der Waals surface area (Å²) < 4.78 is 11.3. The molecule has 3 rings (SSSR count). The summed E-state index contributed by atoms with van der Waals surface area (Å²) in [6.45, 7) is 4.77. The van der Waals surface area contributed by atoms with Gasteiger partial charge in [0.15, 0.2) is 5.65 Å². The Balaban J connectivity index is 1.85. The van der Waals surface area contributed by atoms with Gasteiger partial charge in [-0.2, -0.15) is 0 Å². The maximum absolute atomic E-state index is 12.2. The van der Waals surface area contributed by atoms with E-state index in [4.69, 9.17) is 9.26 Å². The molecule has 3 aromatic rings. The zero-order valence-electron chi connectivity index (χ0n) is 14.3. The lowest BCUT2D eigenvalue weighted by molar-refractivity contribution is 0.0528. The quantitative estimate of drug-likeness (QED) is 0.667. The fourth-order valence-corrected chi connectivity index (χ4v) is 2.57. The summed E-state index contributed by atoms with van der Waals surface area (Å²) >= 11 is 0. The van der Waals surface area contributed by atoms with Crippen LogP contribution in [0.5, 0.6) is 0 Å². The van der Waals surface area contributed by atoms with Gasteiger partial charge in [-0.05, 0) is 20.9 Å². The van der Waals surface area contributed by atoms with E-state index in [1.807, 2.05) is 24.9 Å². The summed E-state index contributed by atoms with van der Waals surface area (Å²) in [5, 5.41) is 6.67. The number of fused-ring (bicyclic) bond motifs is 1. The standard InChI is InChI=1S/C16H19N5O4/c1-4-24-16(23)13-7-17-21-14(22)6-11(18-15(13)21)8-20(3)9-12-5-10(2)25-19-12/h5-7,17H,4,8-9H2,1-3H3. The van der Waals surface area contributed by atoms with Crippen molar-refractivity contribution < 1.29 is 14.1 Å². The van der Waals surface area contributed by atoms with Crippen LogP contribution in [0.1, 0.15) is 34.4 Å². The number of carbonyl (C=O) groups excluding carboxylic acids is 1. The molecule has 0 aliphatic carbocycles. The Bertz CT molecular complexity index is 955. The molecule has 0 spiro atoms. The van der Waals surface area contributed by atoms with Crippen molar-refractivity contribution in [1.82, 2.24) is 24.7 Å². The average Bonchev–Trinajstić information content (AvgIpc) is 3.14. The minimum atomic E-state index is -0.517. The van der Waals surface area contributed by atoms with Crippen LogP contribution in [0.15, 0.2) is 27.6 Å². The summed E-state index contributed by atoms with van der Waals surface area (Å²) in [6, 6.07) is 3.29. The van der Waals surface area contributed by atoms with Gasteiger partial charge in [0, 0.05) is 31.4 Å². The van der Waals surface area contributed by atoms with Crippen LogP contribution in [0.2, 0.25) is 0 Å². The lowest BCUT2D eigenvalue weighted by Crippen LogP contribution is -2.22. The largest absolute Gasteiger partial charge is 0.462 e. The molecule has 3 aromatic heterocycles. The summed E-state index contributed by atoms with van der Waals surface area (Å²) in [6.07, 6.45) is 1.42. The molecule has 0 aliphatic rings. The SMILES string of the molecule is CCOC(=O)c1c[nH]n2c(=O)cc(CN(C)Cc3cc(C)on3)nc12. The second-order valence-electron chi connectivity index (χ2n) is 5.75. The molecule has 0 aliphatic heterocycles. The van der Waals surface area contributed by atoms with Crippen LogP contribution in [0.3, 0.4) is 0 Å². The highest BCUT2D eigenvalue weighted by molar-refractivity contribution is 5.95. The van der Waals surface area contributed by atoms with E-state index in [2.05, 4.69) is 15.2 Å². The lowest BCUT2D eigenvalue weighted by atomic mass is 10.3. The molecule has 9 nitrogen and oxygen atoms in total. The number of hydrogen-bond acceptors (Lipinski definition) is 7. The molecule has 0 aromatic carbocycles. The van der Waals surface area contributed by atoms with Crippen molar-refractivity contribution in [3.63, 3.8) is 0 Å². The van der Waals surface area contributed by atoms with Crippen LogP contribution >= 0.6 is 0 Å². The predicted octanol–water partition coefficient (Wildman–Crippen LogP) is 1.13. The van der Waals surface area contributed by atoms with Crippen molar-refractivity contribution in [1.29, 1.82) is 0 Å². The van der Waals surface area contributed by atoms with Crippen molar-refractivity contribution in [3.8, 4) is 0 Å². The van der Waals surface area contributed by atoms with E-state index >= 15 is 0 Å². The summed E-state index contributed by atoms with van der Waals surface area (Å²) in [5.74, 6) is 0.226.